The molecule has 2 aromatic rings. The monoisotopic (exact) mass is 313 g/mol. The number of aryl methyl sites for hydroxylation is 2. The maximum atomic E-state index is 12.3. The van der Waals surface area contributed by atoms with Gasteiger partial charge in [0.1, 0.15) is 11.5 Å². The molecule has 0 saturated carbocycles. The normalized spacial score (nSPS) is 11.7. The van der Waals surface area contributed by atoms with E-state index in [1.54, 1.807) is 38.3 Å². The zero-order chi connectivity index (χ0) is 17.0. The summed E-state index contributed by atoms with van der Waals surface area (Å²) in [4.78, 5) is 12.3. The third-order valence-corrected chi connectivity index (χ3v) is 3.79. The average Bonchev–Trinajstić information content (AvgIpc) is 2.52. The van der Waals surface area contributed by atoms with Crippen LogP contribution in [-0.4, -0.2) is 19.1 Å². The first-order chi connectivity index (χ1) is 10.9. The van der Waals surface area contributed by atoms with Gasteiger partial charge >= 0.3 is 0 Å². The third-order valence-electron chi connectivity index (χ3n) is 3.79. The molecule has 0 aliphatic carbocycles. The number of anilines is 1. The molecular formula is C19H23NO3. The second kappa shape index (κ2) is 7.18. The maximum Gasteiger partial charge on any atom is 0.265 e. The molecule has 0 heterocycles. The summed E-state index contributed by atoms with van der Waals surface area (Å²) in [6.07, 6.45) is -0.586. The summed E-state index contributed by atoms with van der Waals surface area (Å²) in [7, 11) is 1.61. The summed E-state index contributed by atoms with van der Waals surface area (Å²) < 4.78 is 10.9. The first-order valence-electron chi connectivity index (χ1n) is 7.60. The molecule has 2 rings (SSSR count). The fourth-order valence-electron chi connectivity index (χ4n) is 2.29. The van der Waals surface area contributed by atoms with Crippen LogP contribution in [0, 0.1) is 20.8 Å². The minimum absolute atomic E-state index is 0.186. The summed E-state index contributed by atoms with van der Waals surface area (Å²) in [5.74, 6) is 1.31. The molecule has 122 valence electrons. The Morgan fingerprint density at radius 3 is 2.35 bits per heavy atom. The van der Waals surface area contributed by atoms with Crippen molar-refractivity contribution >= 4 is 11.6 Å². The lowest BCUT2D eigenvalue weighted by molar-refractivity contribution is -0.122. The molecule has 0 unspecified atom stereocenters. The number of methoxy groups -OCH3 is 1. The second-order valence-corrected chi connectivity index (χ2v) is 5.68. The van der Waals surface area contributed by atoms with Gasteiger partial charge in [0, 0.05) is 5.69 Å². The Morgan fingerprint density at radius 1 is 1.09 bits per heavy atom. The predicted molar refractivity (Wildman–Crippen MR) is 92.4 cm³/mol. The lowest BCUT2D eigenvalue weighted by Gasteiger charge is -2.18. The fraction of sp³-hybridized carbons (Fsp3) is 0.316. The van der Waals surface area contributed by atoms with Gasteiger partial charge in [-0.25, -0.2) is 0 Å². The number of rotatable bonds is 5. The van der Waals surface area contributed by atoms with E-state index in [4.69, 9.17) is 9.47 Å². The number of nitrogens with one attached hydrogen (secondary N) is 1. The molecule has 0 radical (unpaired) electrons. The van der Waals surface area contributed by atoms with Crippen molar-refractivity contribution in [3.8, 4) is 11.5 Å². The highest BCUT2D eigenvalue weighted by atomic mass is 16.5. The average molecular weight is 313 g/mol. The zero-order valence-corrected chi connectivity index (χ0v) is 14.3. The molecule has 1 atom stereocenters. The van der Waals surface area contributed by atoms with E-state index in [0.717, 1.165) is 28.2 Å². The molecule has 4 nitrogen and oxygen atoms in total. The van der Waals surface area contributed by atoms with Crippen LogP contribution >= 0.6 is 0 Å². The molecule has 0 aromatic heterocycles. The second-order valence-electron chi connectivity index (χ2n) is 5.68. The van der Waals surface area contributed by atoms with Gasteiger partial charge in [-0.1, -0.05) is 6.07 Å². The van der Waals surface area contributed by atoms with Gasteiger partial charge in [-0.3, -0.25) is 4.79 Å². The molecule has 1 N–H and O–H groups in total. The largest absolute Gasteiger partial charge is 0.497 e. The SMILES string of the molecule is COc1ccc(NC(=O)[C@@H](C)Oc2cc(C)cc(C)c2C)cc1. The maximum absolute atomic E-state index is 12.3. The minimum Gasteiger partial charge on any atom is -0.497 e. The summed E-state index contributed by atoms with van der Waals surface area (Å²) in [5, 5.41) is 2.84. The van der Waals surface area contributed by atoms with Crippen LogP contribution in [0.5, 0.6) is 11.5 Å². The van der Waals surface area contributed by atoms with Gasteiger partial charge in [-0.05, 0) is 74.7 Å². The van der Waals surface area contributed by atoms with Crippen molar-refractivity contribution in [1.29, 1.82) is 0 Å². The van der Waals surface area contributed by atoms with E-state index in [9.17, 15) is 4.79 Å². The Balaban J connectivity index is 2.05. The standard InChI is InChI=1S/C19H23NO3/c1-12-10-13(2)14(3)18(11-12)23-15(4)19(21)20-16-6-8-17(22-5)9-7-16/h6-11,15H,1-5H3,(H,20,21)/t15-/m1/s1. The summed E-state index contributed by atoms with van der Waals surface area (Å²) in [6.45, 7) is 7.80. The molecule has 4 heteroatoms. The number of carbonyl (C=O) groups is 1. The summed E-state index contributed by atoms with van der Waals surface area (Å²) in [5.41, 5.74) is 4.04. The summed E-state index contributed by atoms with van der Waals surface area (Å²) in [6, 6.07) is 11.3. The molecule has 1 amide bonds. The van der Waals surface area contributed by atoms with Gasteiger partial charge in [-0.2, -0.15) is 0 Å². The molecule has 0 fully saturated rings. The molecule has 0 spiro atoms. The Bertz CT molecular complexity index is 693. The van der Waals surface area contributed by atoms with E-state index >= 15 is 0 Å². The van der Waals surface area contributed by atoms with Crippen molar-refractivity contribution in [2.45, 2.75) is 33.8 Å². The van der Waals surface area contributed by atoms with Gasteiger partial charge in [-0.15, -0.1) is 0 Å². The van der Waals surface area contributed by atoms with Gasteiger partial charge in [0.05, 0.1) is 7.11 Å². The summed E-state index contributed by atoms with van der Waals surface area (Å²) >= 11 is 0. The highest BCUT2D eigenvalue weighted by Crippen LogP contribution is 2.24. The van der Waals surface area contributed by atoms with Crippen LogP contribution < -0.4 is 14.8 Å². The topological polar surface area (TPSA) is 47.6 Å². The highest BCUT2D eigenvalue weighted by Gasteiger charge is 2.16. The van der Waals surface area contributed by atoms with Crippen LogP contribution in [0.4, 0.5) is 5.69 Å². The smallest absolute Gasteiger partial charge is 0.265 e. The fourth-order valence-corrected chi connectivity index (χ4v) is 2.29. The minimum atomic E-state index is -0.586. The lowest BCUT2D eigenvalue weighted by Crippen LogP contribution is -2.30. The van der Waals surface area contributed by atoms with Gasteiger partial charge in [0.15, 0.2) is 6.10 Å². The first kappa shape index (κ1) is 16.9. The van der Waals surface area contributed by atoms with Crippen LogP contribution in [0.3, 0.4) is 0 Å². The third kappa shape index (κ3) is 4.25. The number of ether oxygens (including phenoxy) is 2. The Hall–Kier alpha value is -2.49. The van der Waals surface area contributed by atoms with Crippen LogP contribution in [0.1, 0.15) is 23.6 Å². The van der Waals surface area contributed by atoms with Crippen LogP contribution in [-0.2, 0) is 4.79 Å². The van der Waals surface area contributed by atoms with E-state index in [1.165, 1.54) is 0 Å². The van der Waals surface area contributed by atoms with Crippen molar-refractivity contribution in [3.63, 3.8) is 0 Å². The van der Waals surface area contributed by atoms with E-state index in [-0.39, 0.29) is 5.91 Å². The van der Waals surface area contributed by atoms with E-state index in [0.29, 0.717) is 5.69 Å². The Morgan fingerprint density at radius 2 is 1.74 bits per heavy atom. The molecule has 2 aromatic carbocycles. The van der Waals surface area contributed by atoms with Crippen LogP contribution in [0.2, 0.25) is 0 Å². The van der Waals surface area contributed by atoms with Crippen LogP contribution in [0.25, 0.3) is 0 Å². The molecule has 0 aliphatic rings. The van der Waals surface area contributed by atoms with Gasteiger partial charge < -0.3 is 14.8 Å². The van der Waals surface area contributed by atoms with E-state index in [1.807, 2.05) is 26.8 Å². The number of amides is 1. The number of carbonyl (C=O) groups excluding carboxylic acids is 1. The van der Waals surface area contributed by atoms with Crippen molar-refractivity contribution in [2.75, 3.05) is 12.4 Å². The van der Waals surface area contributed by atoms with Gasteiger partial charge in [0.25, 0.3) is 5.91 Å². The van der Waals surface area contributed by atoms with E-state index in [2.05, 4.69) is 11.4 Å². The zero-order valence-electron chi connectivity index (χ0n) is 14.3. The number of hydrogen-bond donors (Lipinski definition) is 1. The number of benzene rings is 2. The lowest BCUT2D eigenvalue weighted by atomic mass is 10.1. The Labute approximate surface area is 137 Å². The molecule has 0 bridgehead atoms. The predicted octanol–water partition coefficient (Wildman–Crippen LogP) is 4.03. The number of hydrogen-bond acceptors (Lipinski definition) is 3. The molecular weight excluding hydrogens is 290 g/mol. The molecule has 0 saturated heterocycles. The first-order valence-corrected chi connectivity index (χ1v) is 7.60. The van der Waals surface area contributed by atoms with Crippen molar-refractivity contribution < 1.29 is 14.3 Å². The van der Waals surface area contributed by atoms with Crippen molar-refractivity contribution in [3.05, 3.63) is 53.1 Å². The molecule has 23 heavy (non-hydrogen) atoms. The van der Waals surface area contributed by atoms with Crippen molar-refractivity contribution in [2.24, 2.45) is 0 Å². The van der Waals surface area contributed by atoms with E-state index < -0.39 is 6.10 Å². The highest BCUT2D eigenvalue weighted by molar-refractivity contribution is 5.94. The molecule has 0 aliphatic heterocycles. The Kier molecular flexibility index (Phi) is 5.27. The quantitative estimate of drug-likeness (QED) is 0.906. The van der Waals surface area contributed by atoms with Gasteiger partial charge in [0.2, 0.25) is 0 Å². The van der Waals surface area contributed by atoms with Crippen molar-refractivity contribution in [1.82, 2.24) is 0 Å². The van der Waals surface area contributed by atoms with Crippen LogP contribution in [0.15, 0.2) is 36.4 Å².